The highest BCUT2D eigenvalue weighted by Crippen LogP contribution is 2.21. The zero-order valence-electron chi connectivity index (χ0n) is 9.56. The van der Waals surface area contributed by atoms with Gasteiger partial charge in [-0.1, -0.05) is 12.1 Å². The molecule has 0 unspecified atom stereocenters. The summed E-state index contributed by atoms with van der Waals surface area (Å²) < 4.78 is 4.23. The summed E-state index contributed by atoms with van der Waals surface area (Å²) >= 11 is 1.36. The lowest BCUT2D eigenvalue weighted by Gasteiger charge is -2.05. The maximum atomic E-state index is 4.36. The second kappa shape index (κ2) is 4.49. The molecular formula is C11H14N4S. The summed E-state index contributed by atoms with van der Waals surface area (Å²) in [6.45, 7) is 2.07. The third-order valence-corrected chi connectivity index (χ3v) is 2.71. The minimum absolute atomic E-state index is 0.736. The molecule has 0 saturated heterocycles. The third kappa shape index (κ3) is 2.49. The maximum Gasteiger partial charge on any atom is 0.238 e. The van der Waals surface area contributed by atoms with Crippen molar-refractivity contribution in [2.24, 2.45) is 0 Å². The lowest BCUT2D eigenvalue weighted by molar-refractivity contribution is 1.05. The number of nitrogens with one attached hydrogen (secondary N) is 1. The SMILES string of the molecule is Cc1cccc(Nc2nc(N(C)C)ns2)c1. The molecule has 0 aliphatic carbocycles. The smallest absolute Gasteiger partial charge is 0.238 e. The molecule has 0 saturated carbocycles. The van der Waals surface area contributed by atoms with E-state index >= 15 is 0 Å². The van der Waals surface area contributed by atoms with Crippen molar-refractivity contribution in [2.45, 2.75) is 6.92 Å². The third-order valence-electron chi connectivity index (χ3n) is 2.08. The Hall–Kier alpha value is -1.62. The van der Waals surface area contributed by atoms with Gasteiger partial charge in [0.1, 0.15) is 0 Å². The molecule has 1 heterocycles. The highest BCUT2D eigenvalue weighted by molar-refractivity contribution is 7.10. The molecule has 0 spiro atoms. The number of aromatic nitrogens is 2. The fraction of sp³-hybridized carbons (Fsp3) is 0.273. The van der Waals surface area contributed by atoms with Crippen LogP contribution in [0.4, 0.5) is 16.8 Å². The van der Waals surface area contributed by atoms with E-state index in [0.717, 1.165) is 16.8 Å². The Labute approximate surface area is 99.1 Å². The monoisotopic (exact) mass is 234 g/mol. The predicted octanol–water partition coefficient (Wildman–Crippen LogP) is 2.66. The van der Waals surface area contributed by atoms with E-state index in [1.54, 1.807) is 0 Å². The number of nitrogens with zero attached hydrogens (tertiary/aromatic N) is 3. The highest BCUT2D eigenvalue weighted by atomic mass is 32.1. The van der Waals surface area contributed by atoms with Gasteiger partial charge in [-0.2, -0.15) is 9.36 Å². The first-order chi connectivity index (χ1) is 7.65. The fourth-order valence-electron chi connectivity index (χ4n) is 1.29. The predicted molar refractivity (Wildman–Crippen MR) is 68.7 cm³/mol. The molecule has 2 aromatic rings. The molecule has 0 amide bonds. The largest absolute Gasteiger partial charge is 0.346 e. The second-order valence-corrected chi connectivity index (χ2v) is 4.54. The molecule has 84 valence electrons. The van der Waals surface area contributed by atoms with Gasteiger partial charge in [-0.15, -0.1) is 0 Å². The Bertz CT molecular complexity index is 478. The van der Waals surface area contributed by atoms with Crippen molar-refractivity contribution in [1.82, 2.24) is 9.36 Å². The second-order valence-electron chi connectivity index (χ2n) is 3.79. The van der Waals surface area contributed by atoms with Gasteiger partial charge >= 0.3 is 0 Å². The summed E-state index contributed by atoms with van der Waals surface area (Å²) in [6.07, 6.45) is 0. The van der Waals surface area contributed by atoms with Gasteiger partial charge in [0.2, 0.25) is 11.1 Å². The van der Waals surface area contributed by atoms with Crippen molar-refractivity contribution in [2.75, 3.05) is 24.3 Å². The van der Waals surface area contributed by atoms with Gasteiger partial charge in [-0.3, -0.25) is 0 Å². The van der Waals surface area contributed by atoms with Crippen LogP contribution in [0.1, 0.15) is 5.56 Å². The van der Waals surface area contributed by atoms with Gasteiger partial charge in [-0.05, 0) is 24.6 Å². The van der Waals surface area contributed by atoms with E-state index in [-0.39, 0.29) is 0 Å². The van der Waals surface area contributed by atoms with Crippen LogP contribution in [0.2, 0.25) is 0 Å². The Balaban J connectivity index is 2.14. The number of benzene rings is 1. The average Bonchev–Trinajstić information content (AvgIpc) is 2.66. The van der Waals surface area contributed by atoms with E-state index < -0.39 is 0 Å². The van der Waals surface area contributed by atoms with E-state index in [9.17, 15) is 0 Å². The summed E-state index contributed by atoms with van der Waals surface area (Å²) in [7, 11) is 3.86. The minimum atomic E-state index is 0.736. The van der Waals surface area contributed by atoms with Crippen molar-refractivity contribution in [3.8, 4) is 0 Å². The zero-order valence-corrected chi connectivity index (χ0v) is 10.4. The molecule has 0 fully saturated rings. The van der Waals surface area contributed by atoms with E-state index in [1.165, 1.54) is 17.1 Å². The van der Waals surface area contributed by atoms with Crippen LogP contribution in [0, 0.1) is 6.92 Å². The number of aryl methyl sites for hydroxylation is 1. The van der Waals surface area contributed by atoms with Crippen molar-refractivity contribution in [3.05, 3.63) is 29.8 Å². The first-order valence-corrected chi connectivity index (χ1v) is 5.77. The number of hydrogen-bond acceptors (Lipinski definition) is 5. The van der Waals surface area contributed by atoms with E-state index in [1.807, 2.05) is 31.1 Å². The molecule has 0 aliphatic heterocycles. The molecule has 0 radical (unpaired) electrons. The van der Waals surface area contributed by atoms with E-state index in [0.29, 0.717) is 0 Å². The zero-order chi connectivity index (χ0) is 11.5. The molecular weight excluding hydrogens is 220 g/mol. The number of hydrogen-bond donors (Lipinski definition) is 1. The molecule has 1 aromatic carbocycles. The van der Waals surface area contributed by atoms with Gasteiger partial charge in [0.25, 0.3) is 0 Å². The molecule has 5 heteroatoms. The van der Waals surface area contributed by atoms with Crippen LogP contribution >= 0.6 is 11.5 Å². The Kier molecular flexibility index (Phi) is 3.05. The van der Waals surface area contributed by atoms with Crippen LogP contribution in [-0.2, 0) is 0 Å². The lowest BCUT2D eigenvalue weighted by atomic mass is 10.2. The normalized spacial score (nSPS) is 10.2. The number of anilines is 3. The maximum absolute atomic E-state index is 4.36. The first kappa shape index (κ1) is 10.9. The van der Waals surface area contributed by atoms with Crippen LogP contribution < -0.4 is 10.2 Å². The molecule has 1 N–H and O–H groups in total. The van der Waals surface area contributed by atoms with Gasteiger partial charge in [0, 0.05) is 31.3 Å². The Morgan fingerprint density at radius 3 is 2.75 bits per heavy atom. The first-order valence-electron chi connectivity index (χ1n) is 5.00. The van der Waals surface area contributed by atoms with Crippen molar-refractivity contribution in [3.63, 3.8) is 0 Å². The lowest BCUT2D eigenvalue weighted by Crippen LogP contribution is -2.10. The van der Waals surface area contributed by atoms with Gasteiger partial charge in [0.05, 0.1) is 0 Å². The van der Waals surface area contributed by atoms with Crippen molar-refractivity contribution >= 4 is 28.3 Å². The average molecular weight is 234 g/mol. The van der Waals surface area contributed by atoms with Crippen molar-refractivity contribution < 1.29 is 0 Å². The van der Waals surface area contributed by atoms with Gasteiger partial charge < -0.3 is 10.2 Å². The van der Waals surface area contributed by atoms with E-state index in [2.05, 4.69) is 33.7 Å². The van der Waals surface area contributed by atoms with E-state index in [4.69, 9.17) is 0 Å². The molecule has 4 nitrogen and oxygen atoms in total. The topological polar surface area (TPSA) is 41.1 Å². The summed E-state index contributed by atoms with van der Waals surface area (Å²) in [6, 6.07) is 8.18. The Morgan fingerprint density at radius 1 is 1.31 bits per heavy atom. The molecule has 1 aromatic heterocycles. The van der Waals surface area contributed by atoms with Crippen molar-refractivity contribution in [1.29, 1.82) is 0 Å². The van der Waals surface area contributed by atoms with Gasteiger partial charge in [0.15, 0.2) is 0 Å². The summed E-state index contributed by atoms with van der Waals surface area (Å²) in [5.41, 5.74) is 2.27. The molecule has 0 aliphatic rings. The molecule has 2 rings (SSSR count). The van der Waals surface area contributed by atoms with Crippen LogP contribution in [0.15, 0.2) is 24.3 Å². The van der Waals surface area contributed by atoms with Crippen LogP contribution in [0.25, 0.3) is 0 Å². The van der Waals surface area contributed by atoms with Gasteiger partial charge in [-0.25, -0.2) is 0 Å². The summed E-state index contributed by atoms with van der Waals surface area (Å²) in [4.78, 5) is 6.24. The molecule has 16 heavy (non-hydrogen) atoms. The number of rotatable bonds is 3. The van der Waals surface area contributed by atoms with Crippen LogP contribution in [-0.4, -0.2) is 23.5 Å². The molecule has 0 atom stereocenters. The highest BCUT2D eigenvalue weighted by Gasteiger charge is 2.05. The van der Waals surface area contributed by atoms with Crippen LogP contribution in [0.5, 0.6) is 0 Å². The molecule has 0 bridgehead atoms. The van der Waals surface area contributed by atoms with Crippen LogP contribution in [0.3, 0.4) is 0 Å². The minimum Gasteiger partial charge on any atom is -0.346 e. The summed E-state index contributed by atoms with van der Waals surface area (Å²) in [5, 5.41) is 4.05. The Morgan fingerprint density at radius 2 is 2.12 bits per heavy atom. The summed E-state index contributed by atoms with van der Waals surface area (Å²) in [5.74, 6) is 0.736. The fourth-order valence-corrected chi connectivity index (χ4v) is 1.95. The standard InChI is InChI=1S/C11H14N4S/c1-8-5-4-6-9(7-8)12-11-13-10(14-16-11)15(2)3/h4-7H,1-3H3,(H,12,13,14). The quantitative estimate of drug-likeness (QED) is 0.886.